The van der Waals surface area contributed by atoms with Gasteiger partial charge in [-0.25, -0.2) is 0 Å². The van der Waals surface area contributed by atoms with Gasteiger partial charge in [-0.15, -0.1) is 0 Å². The Balaban J connectivity index is 1.82. The molecule has 3 rings (SSSR count). The Morgan fingerprint density at radius 3 is 2.62 bits per heavy atom. The fourth-order valence-corrected chi connectivity index (χ4v) is 3.59. The molecule has 0 saturated carbocycles. The third-order valence-electron chi connectivity index (χ3n) is 5.33. The molecule has 0 fully saturated rings. The first kappa shape index (κ1) is 24.2. The van der Waals surface area contributed by atoms with Gasteiger partial charge < -0.3 is 37.2 Å². The first-order chi connectivity index (χ1) is 16.1. The molecule has 2 aromatic rings. The van der Waals surface area contributed by atoms with E-state index in [1.807, 2.05) is 0 Å². The van der Waals surface area contributed by atoms with Gasteiger partial charge in [0, 0.05) is 24.3 Å². The maximum absolute atomic E-state index is 13.0. The zero-order chi connectivity index (χ0) is 25.0. The highest BCUT2D eigenvalue weighted by molar-refractivity contribution is 6.11. The number of nitrogens with two attached hydrogens (primary N) is 2. The number of carboxylic acid groups (broad SMARTS) is 2. The number of anilines is 4. The lowest BCUT2D eigenvalue weighted by molar-refractivity contribution is -0.142. The summed E-state index contributed by atoms with van der Waals surface area (Å²) < 4.78 is 0. The number of amides is 1. The van der Waals surface area contributed by atoms with Gasteiger partial charge >= 0.3 is 11.9 Å². The molecule has 0 aliphatic carbocycles. The molecule has 2 unspecified atom stereocenters. The lowest BCUT2D eigenvalue weighted by Gasteiger charge is -2.34. The lowest BCUT2D eigenvalue weighted by Crippen LogP contribution is -2.50. The van der Waals surface area contributed by atoms with E-state index in [0.717, 1.165) is 0 Å². The van der Waals surface area contributed by atoms with Crippen LogP contribution >= 0.6 is 0 Å². The second kappa shape index (κ2) is 9.99. The first-order valence-corrected chi connectivity index (χ1v) is 10.1. The van der Waals surface area contributed by atoms with Crippen LogP contribution in [-0.4, -0.2) is 69.5 Å². The molecule has 180 valence electrons. The van der Waals surface area contributed by atoms with Crippen molar-refractivity contribution >= 4 is 47.3 Å². The number of para-hydroxylation sites is 1. The average Bonchev–Trinajstić information content (AvgIpc) is 2.79. The Hall–Kier alpha value is -4.46. The summed E-state index contributed by atoms with van der Waals surface area (Å²) in [6.07, 6.45) is -0.108. The van der Waals surface area contributed by atoms with Crippen LogP contribution in [0.3, 0.4) is 0 Å². The number of fused-ring (bicyclic) bond motifs is 1. The fourth-order valence-electron chi connectivity index (χ4n) is 3.59. The number of nitrogen functional groups attached to an aromatic ring is 1. The predicted octanol–water partition coefficient (Wildman–Crippen LogP) is -1.09. The Kier molecular flexibility index (Phi) is 7.11. The number of aromatic amines is 1. The fraction of sp³-hybridized carbons (Fsp3) is 0.300. The van der Waals surface area contributed by atoms with Crippen molar-refractivity contribution in [2.24, 2.45) is 11.7 Å². The molecule has 0 saturated heterocycles. The van der Waals surface area contributed by atoms with Gasteiger partial charge in [-0.05, 0) is 18.6 Å². The van der Waals surface area contributed by atoms with Crippen LogP contribution in [0.4, 0.5) is 23.1 Å². The van der Waals surface area contributed by atoms with Gasteiger partial charge in [-0.1, -0.05) is 12.1 Å². The molecule has 14 heteroatoms. The lowest BCUT2D eigenvalue weighted by atomic mass is 9.90. The number of hydrogen-bond acceptors (Lipinski definition) is 10. The van der Waals surface area contributed by atoms with Crippen molar-refractivity contribution in [1.29, 1.82) is 0 Å². The second-order valence-corrected chi connectivity index (χ2v) is 7.56. The quantitative estimate of drug-likeness (QED) is 0.124. The molecule has 0 bridgehead atoms. The summed E-state index contributed by atoms with van der Waals surface area (Å²) in [7, 11) is 0. The van der Waals surface area contributed by atoms with E-state index in [2.05, 4.69) is 20.6 Å². The van der Waals surface area contributed by atoms with Crippen molar-refractivity contribution in [2.45, 2.75) is 18.5 Å². The van der Waals surface area contributed by atoms with Crippen LogP contribution in [0.1, 0.15) is 16.8 Å². The van der Waals surface area contributed by atoms with E-state index < -0.39 is 47.7 Å². The molecule has 2 heterocycles. The van der Waals surface area contributed by atoms with Crippen LogP contribution in [0.15, 0.2) is 29.1 Å². The molecule has 9 N–H and O–H groups in total. The zero-order valence-corrected chi connectivity index (χ0v) is 17.7. The Labute approximate surface area is 192 Å². The summed E-state index contributed by atoms with van der Waals surface area (Å²) >= 11 is 0. The van der Waals surface area contributed by atoms with Gasteiger partial charge in [0.25, 0.3) is 5.56 Å². The molecule has 3 atom stereocenters. The molecule has 0 radical (unpaired) electrons. The highest BCUT2D eigenvalue weighted by atomic mass is 16.4. The summed E-state index contributed by atoms with van der Waals surface area (Å²) in [4.78, 5) is 67.2. The SMILES string of the molecule is Nc1nc2c(c(=O)[nH]1)N(C=O)C(CNc1ccccc1C(=O)C(C[C@H](N)C(=O)O)C(=O)O)CN2. The molecule has 1 amide bonds. The number of nitrogens with one attached hydrogen (secondary N) is 3. The Bertz CT molecular complexity index is 1180. The minimum Gasteiger partial charge on any atom is -0.481 e. The van der Waals surface area contributed by atoms with Crippen LogP contribution < -0.4 is 32.6 Å². The average molecular weight is 473 g/mol. The zero-order valence-electron chi connectivity index (χ0n) is 17.7. The van der Waals surface area contributed by atoms with Gasteiger partial charge in [-0.3, -0.25) is 29.0 Å². The molecular formula is C20H23N7O7. The topological polar surface area (TPSA) is 234 Å². The third kappa shape index (κ3) is 4.96. The monoisotopic (exact) mass is 473 g/mol. The number of ketones is 1. The van der Waals surface area contributed by atoms with Crippen molar-refractivity contribution in [2.75, 3.05) is 34.4 Å². The van der Waals surface area contributed by atoms with Crippen molar-refractivity contribution in [1.82, 2.24) is 9.97 Å². The van der Waals surface area contributed by atoms with Gasteiger partial charge in [0.2, 0.25) is 12.4 Å². The van der Waals surface area contributed by atoms with E-state index in [1.54, 1.807) is 6.07 Å². The molecule has 0 spiro atoms. The summed E-state index contributed by atoms with van der Waals surface area (Å²) in [5.41, 5.74) is 10.6. The highest BCUT2D eigenvalue weighted by Crippen LogP contribution is 2.26. The number of carbonyl (C=O) groups is 4. The first-order valence-electron chi connectivity index (χ1n) is 10.1. The maximum atomic E-state index is 13.0. The Morgan fingerprint density at radius 2 is 1.97 bits per heavy atom. The van der Waals surface area contributed by atoms with Crippen LogP contribution in [-0.2, 0) is 14.4 Å². The van der Waals surface area contributed by atoms with Gasteiger partial charge in [0.1, 0.15) is 12.0 Å². The number of rotatable bonds is 10. The van der Waals surface area contributed by atoms with Crippen molar-refractivity contribution < 1.29 is 29.4 Å². The number of aromatic nitrogens is 2. The Morgan fingerprint density at radius 1 is 1.26 bits per heavy atom. The van der Waals surface area contributed by atoms with Gasteiger partial charge in [0.15, 0.2) is 17.3 Å². The summed E-state index contributed by atoms with van der Waals surface area (Å²) in [6, 6.07) is 3.97. The molecule has 1 aromatic heterocycles. The summed E-state index contributed by atoms with van der Waals surface area (Å²) in [6.45, 7) is 0.279. The van der Waals surface area contributed by atoms with E-state index in [9.17, 15) is 29.1 Å². The van der Waals surface area contributed by atoms with Gasteiger partial charge in [-0.2, -0.15) is 4.98 Å². The number of carboxylic acids is 2. The van der Waals surface area contributed by atoms with E-state index in [-0.39, 0.29) is 41.8 Å². The van der Waals surface area contributed by atoms with Crippen LogP contribution in [0.25, 0.3) is 0 Å². The summed E-state index contributed by atoms with van der Waals surface area (Å²) in [5, 5.41) is 24.4. The molecule has 1 aromatic carbocycles. The number of benzene rings is 1. The van der Waals surface area contributed by atoms with Crippen molar-refractivity contribution in [3.63, 3.8) is 0 Å². The molecule has 1 aliphatic heterocycles. The van der Waals surface area contributed by atoms with E-state index in [1.165, 1.54) is 23.1 Å². The third-order valence-corrected chi connectivity index (χ3v) is 5.33. The van der Waals surface area contributed by atoms with Crippen LogP contribution in [0.5, 0.6) is 0 Å². The van der Waals surface area contributed by atoms with E-state index in [4.69, 9.17) is 16.6 Å². The number of Topliss-reactive ketones (excluding diaryl/α,β-unsaturated/α-hetero) is 1. The number of nitrogens with zero attached hydrogens (tertiary/aromatic N) is 2. The largest absolute Gasteiger partial charge is 0.481 e. The van der Waals surface area contributed by atoms with Gasteiger partial charge in [0.05, 0.1) is 6.04 Å². The van der Waals surface area contributed by atoms with E-state index in [0.29, 0.717) is 6.41 Å². The molecule has 1 aliphatic rings. The standard InChI is InChI=1S/C20H23N7O7/c21-12(19(33)34)5-11(18(31)32)15(29)10-3-1-2-4-13(10)23-6-9-7-24-16-14(27(9)8-28)17(30)26-20(22)25-16/h1-4,8-9,11-12,23H,5-7,21H2,(H,31,32)(H,33,34)(H4,22,24,25,26,30)/t9?,11?,12-/m0/s1. The summed E-state index contributed by atoms with van der Waals surface area (Å²) in [5.74, 6) is -5.36. The molecule has 34 heavy (non-hydrogen) atoms. The van der Waals surface area contributed by atoms with Crippen LogP contribution in [0.2, 0.25) is 0 Å². The molecule has 14 nitrogen and oxygen atoms in total. The normalized spacial score (nSPS) is 16.5. The minimum atomic E-state index is -1.67. The minimum absolute atomic E-state index is 0.0137. The smallest absolute Gasteiger partial charge is 0.320 e. The number of carbonyl (C=O) groups excluding carboxylic acids is 2. The number of hydrogen-bond donors (Lipinski definition) is 7. The van der Waals surface area contributed by atoms with Crippen molar-refractivity contribution in [3.8, 4) is 0 Å². The predicted molar refractivity (Wildman–Crippen MR) is 121 cm³/mol. The molecular weight excluding hydrogens is 450 g/mol. The number of H-pyrrole nitrogens is 1. The van der Waals surface area contributed by atoms with Crippen molar-refractivity contribution in [3.05, 3.63) is 40.2 Å². The van der Waals surface area contributed by atoms with E-state index >= 15 is 0 Å². The second-order valence-electron chi connectivity index (χ2n) is 7.56. The maximum Gasteiger partial charge on any atom is 0.320 e. The highest BCUT2D eigenvalue weighted by Gasteiger charge is 2.33. The van der Waals surface area contributed by atoms with Crippen LogP contribution in [0, 0.1) is 5.92 Å². The number of aliphatic carboxylic acids is 2.